The van der Waals surface area contributed by atoms with Gasteiger partial charge < -0.3 is 25.0 Å². The first kappa shape index (κ1) is 30.9. The first-order valence-corrected chi connectivity index (χ1v) is 12.7. The van der Waals surface area contributed by atoms with Crippen molar-refractivity contribution in [2.45, 2.75) is 85.8 Å². The average Bonchev–Trinajstić information content (AvgIpc) is 2.78. The Morgan fingerprint density at radius 1 is 1.03 bits per heavy atom. The van der Waals surface area contributed by atoms with E-state index in [0.29, 0.717) is 18.5 Å². The second kappa shape index (κ2) is 15.1. The van der Waals surface area contributed by atoms with Gasteiger partial charge in [-0.3, -0.25) is 14.4 Å². The quantitative estimate of drug-likeness (QED) is 0.310. The number of nitrogens with zero attached hydrogens (tertiary/aromatic N) is 1. The van der Waals surface area contributed by atoms with Crippen LogP contribution in [0.1, 0.15) is 83.0 Å². The minimum absolute atomic E-state index is 0.0308. The zero-order valence-electron chi connectivity index (χ0n) is 22.9. The molecule has 0 saturated carbocycles. The lowest BCUT2D eigenvalue weighted by atomic mass is 9.95. The van der Waals surface area contributed by atoms with Crippen LogP contribution in [0.3, 0.4) is 0 Å². The van der Waals surface area contributed by atoms with Crippen LogP contribution in [0.4, 0.5) is 4.79 Å². The smallest absolute Gasteiger partial charge is 0.408 e. The van der Waals surface area contributed by atoms with E-state index in [2.05, 4.69) is 17.6 Å². The van der Waals surface area contributed by atoms with Crippen molar-refractivity contribution in [1.82, 2.24) is 15.5 Å². The largest absolute Gasteiger partial charge is 0.466 e. The molecule has 0 saturated heterocycles. The molecule has 0 heterocycles. The topological polar surface area (TPSA) is 114 Å². The van der Waals surface area contributed by atoms with Gasteiger partial charge in [0.05, 0.1) is 13.0 Å². The highest BCUT2D eigenvalue weighted by Gasteiger charge is 2.32. The summed E-state index contributed by atoms with van der Waals surface area (Å²) in [5.74, 6) is -1.20. The Hall–Kier alpha value is -3.10. The van der Waals surface area contributed by atoms with Crippen LogP contribution in [-0.4, -0.2) is 60.6 Å². The van der Waals surface area contributed by atoms with E-state index in [0.717, 1.165) is 24.0 Å². The summed E-state index contributed by atoms with van der Waals surface area (Å²) >= 11 is 0. The standard InChI is InChI=1S/C27H43N3O6/c1-8-10-11-17-30(22(31)18-29-26(34)36-27(5,6)7)24(21-14-12-13-19(3)20(21)4)25(33)28-16-15-23(32)35-9-2/h12-14,24H,8-11,15-18H2,1-7H3,(H,28,33)(H,29,34). The molecule has 0 aliphatic heterocycles. The first-order valence-electron chi connectivity index (χ1n) is 12.7. The molecule has 3 amide bonds. The van der Waals surface area contributed by atoms with Crippen LogP contribution in [0.15, 0.2) is 18.2 Å². The summed E-state index contributed by atoms with van der Waals surface area (Å²) in [5, 5.41) is 5.30. The van der Waals surface area contributed by atoms with Crippen molar-refractivity contribution in [3.05, 3.63) is 34.9 Å². The molecule has 9 nitrogen and oxygen atoms in total. The van der Waals surface area contributed by atoms with Crippen LogP contribution in [0.5, 0.6) is 0 Å². The van der Waals surface area contributed by atoms with E-state index in [4.69, 9.17) is 9.47 Å². The van der Waals surface area contributed by atoms with Gasteiger partial charge in [-0.25, -0.2) is 4.79 Å². The van der Waals surface area contributed by atoms with Crippen LogP contribution in [0, 0.1) is 13.8 Å². The van der Waals surface area contributed by atoms with Crippen molar-refractivity contribution >= 4 is 23.9 Å². The monoisotopic (exact) mass is 505 g/mol. The van der Waals surface area contributed by atoms with Crippen LogP contribution in [-0.2, 0) is 23.9 Å². The maximum atomic E-state index is 13.5. The van der Waals surface area contributed by atoms with Crippen LogP contribution in [0.2, 0.25) is 0 Å². The Kier molecular flexibility index (Phi) is 13.0. The van der Waals surface area contributed by atoms with Gasteiger partial charge in [0.1, 0.15) is 18.2 Å². The third kappa shape index (κ3) is 10.7. The summed E-state index contributed by atoms with van der Waals surface area (Å²) in [7, 11) is 0. The molecule has 0 spiro atoms. The molecule has 202 valence electrons. The van der Waals surface area contributed by atoms with Crippen molar-refractivity contribution in [2.75, 3.05) is 26.2 Å². The number of ether oxygens (including phenoxy) is 2. The molecule has 1 atom stereocenters. The number of aryl methyl sites for hydroxylation is 1. The fraction of sp³-hybridized carbons (Fsp3) is 0.630. The van der Waals surface area contributed by atoms with E-state index in [-0.39, 0.29) is 26.1 Å². The zero-order chi connectivity index (χ0) is 27.3. The molecule has 9 heteroatoms. The lowest BCUT2D eigenvalue weighted by Gasteiger charge is -2.33. The summed E-state index contributed by atoms with van der Waals surface area (Å²) in [6, 6.07) is 4.71. The van der Waals surface area contributed by atoms with Gasteiger partial charge >= 0.3 is 12.1 Å². The number of nitrogens with one attached hydrogen (secondary N) is 2. The lowest BCUT2D eigenvalue weighted by Crippen LogP contribution is -2.48. The molecule has 0 aliphatic carbocycles. The Bertz CT molecular complexity index is 894. The normalized spacial score (nSPS) is 11.9. The average molecular weight is 506 g/mol. The molecule has 36 heavy (non-hydrogen) atoms. The summed E-state index contributed by atoms with van der Waals surface area (Å²) in [6.07, 6.45) is 1.85. The predicted octanol–water partition coefficient (Wildman–Crippen LogP) is 3.96. The Balaban J connectivity index is 3.23. The van der Waals surface area contributed by atoms with E-state index in [1.807, 2.05) is 32.0 Å². The highest BCUT2D eigenvalue weighted by molar-refractivity contribution is 5.91. The molecule has 0 aliphatic rings. The van der Waals surface area contributed by atoms with Crippen LogP contribution in [0.25, 0.3) is 0 Å². The molecule has 0 fully saturated rings. The molecule has 0 bridgehead atoms. The van der Waals surface area contributed by atoms with Gasteiger partial charge in [-0.05, 0) is 64.7 Å². The van der Waals surface area contributed by atoms with Crippen molar-refractivity contribution in [2.24, 2.45) is 0 Å². The molecule has 1 unspecified atom stereocenters. The van der Waals surface area contributed by atoms with E-state index in [1.54, 1.807) is 27.7 Å². The van der Waals surface area contributed by atoms with E-state index < -0.39 is 35.5 Å². The van der Waals surface area contributed by atoms with Crippen molar-refractivity contribution < 1.29 is 28.7 Å². The van der Waals surface area contributed by atoms with Gasteiger partial charge in [0.2, 0.25) is 11.8 Å². The third-order valence-corrected chi connectivity index (χ3v) is 5.54. The SMILES string of the molecule is CCCCCN(C(=O)CNC(=O)OC(C)(C)C)C(C(=O)NCCC(=O)OCC)c1cccc(C)c1C. The van der Waals surface area contributed by atoms with Gasteiger partial charge in [-0.15, -0.1) is 0 Å². The first-order chi connectivity index (χ1) is 16.9. The van der Waals surface area contributed by atoms with E-state index >= 15 is 0 Å². The maximum Gasteiger partial charge on any atom is 0.408 e. The molecule has 1 aromatic rings. The molecular weight excluding hydrogens is 462 g/mol. The molecular formula is C27H43N3O6. The maximum absolute atomic E-state index is 13.5. The number of hydrogen-bond donors (Lipinski definition) is 2. The Morgan fingerprint density at radius 2 is 1.72 bits per heavy atom. The number of carbonyl (C=O) groups is 4. The van der Waals surface area contributed by atoms with Gasteiger partial charge in [-0.2, -0.15) is 0 Å². The van der Waals surface area contributed by atoms with Gasteiger partial charge in [0, 0.05) is 13.1 Å². The van der Waals surface area contributed by atoms with Crippen molar-refractivity contribution in [3.8, 4) is 0 Å². The Labute approximate surface area is 215 Å². The highest BCUT2D eigenvalue weighted by Crippen LogP contribution is 2.27. The fourth-order valence-electron chi connectivity index (χ4n) is 3.63. The number of alkyl carbamates (subject to hydrolysis) is 1. The van der Waals surface area contributed by atoms with E-state index in [9.17, 15) is 19.2 Å². The molecule has 1 aromatic carbocycles. The molecule has 1 rings (SSSR count). The number of benzene rings is 1. The van der Waals surface area contributed by atoms with Crippen molar-refractivity contribution in [3.63, 3.8) is 0 Å². The van der Waals surface area contributed by atoms with Gasteiger partial charge in [0.15, 0.2) is 0 Å². The zero-order valence-corrected chi connectivity index (χ0v) is 22.9. The second-order valence-electron chi connectivity index (χ2n) is 9.69. The Morgan fingerprint density at radius 3 is 2.33 bits per heavy atom. The highest BCUT2D eigenvalue weighted by atomic mass is 16.6. The summed E-state index contributed by atoms with van der Waals surface area (Å²) in [5.41, 5.74) is 1.89. The number of unbranched alkanes of at least 4 members (excludes halogenated alkanes) is 2. The summed E-state index contributed by atoms with van der Waals surface area (Å²) < 4.78 is 10.2. The van der Waals surface area contributed by atoms with Gasteiger partial charge in [0.25, 0.3) is 0 Å². The number of rotatable bonds is 13. The number of esters is 1. The van der Waals surface area contributed by atoms with Gasteiger partial charge in [-0.1, -0.05) is 38.0 Å². The third-order valence-electron chi connectivity index (χ3n) is 5.54. The summed E-state index contributed by atoms with van der Waals surface area (Å²) in [4.78, 5) is 52.3. The summed E-state index contributed by atoms with van der Waals surface area (Å²) in [6.45, 7) is 13.2. The van der Waals surface area contributed by atoms with Crippen LogP contribution >= 0.6 is 0 Å². The minimum Gasteiger partial charge on any atom is -0.466 e. The van der Waals surface area contributed by atoms with Crippen molar-refractivity contribution in [1.29, 1.82) is 0 Å². The lowest BCUT2D eigenvalue weighted by molar-refractivity contribution is -0.143. The number of amides is 3. The number of carbonyl (C=O) groups excluding carboxylic acids is 4. The number of hydrogen-bond acceptors (Lipinski definition) is 6. The van der Waals surface area contributed by atoms with E-state index in [1.165, 1.54) is 4.90 Å². The molecule has 0 aromatic heterocycles. The molecule has 0 radical (unpaired) electrons. The molecule has 2 N–H and O–H groups in total. The fourth-order valence-corrected chi connectivity index (χ4v) is 3.63. The second-order valence-corrected chi connectivity index (χ2v) is 9.69. The van der Waals surface area contributed by atoms with Crippen LogP contribution < -0.4 is 10.6 Å². The predicted molar refractivity (Wildman–Crippen MR) is 138 cm³/mol. The minimum atomic E-state index is -0.920.